The summed E-state index contributed by atoms with van der Waals surface area (Å²) in [5, 5.41) is 14.1. The lowest BCUT2D eigenvalue weighted by atomic mass is 10.00. The number of nitrogen functional groups attached to an aromatic ring is 1. The van der Waals surface area contributed by atoms with Gasteiger partial charge in [0.2, 0.25) is 11.1 Å². The summed E-state index contributed by atoms with van der Waals surface area (Å²) in [6.45, 7) is 1.98. The van der Waals surface area contributed by atoms with E-state index >= 15 is 0 Å². The number of nitrogens with one attached hydrogen (secondary N) is 1. The van der Waals surface area contributed by atoms with Gasteiger partial charge in [-0.1, -0.05) is 54.2 Å². The number of carbonyl (C=O) groups is 1. The van der Waals surface area contributed by atoms with Crippen LogP contribution in [0.15, 0.2) is 65.8 Å². The van der Waals surface area contributed by atoms with Gasteiger partial charge in [0.05, 0.1) is 31.6 Å². The molecule has 0 aliphatic carbocycles. The molecule has 1 aromatic heterocycles. The number of fused-ring (bicyclic) bond motifs is 1. The Labute approximate surface area is 196 Å². The molecule has 0 radical (unpaired) electrons. The van der Waals surface area contributed by atoms with E-state index in [0.29, 0.717) is 28.0 Å². The SMILES string of the molecule is COc1ccc(-c2nnc(SCC(=O)NC(C)c3cccc4ccccc34)n2N)c(OC)c1. The Morgan fingerprint density at radius 3 is 2.67 bits per heavy atom. The van der Waals surface area contributed by atoms with E-state index < -0.39 is 0 Å². The third kappa shape index (κ3) is 4.73. The fourth-order valence-corrected chi connectivity index (χ4v) is 4.33. The zero-order valence-electron chi connectivity index (χ0n) is 18.6. The molecule has 0 fully saturated rings. The number of nitrogens with zero attached hydrogens (tertiary/aromatic N) is 3. The van der Waals surface area contributed by atoms with Crippen molar-refractivity contribution in [1.29, 1.82) is 0 Å². The molecule has 9 heteroatoms. The van der Waals surface area contributed by atoms with E-state index in [-0.39, 0.29) is 17.7 Å². The van der Waals surface area contributed by atoms with E-state index in [1.165, 1.54) is 16.4 Å². The third-order valence-electron chi connectivity index (χ3n) is 5.31. The van der Waals surface area contributed by atoms with E-state index in [0.717, 1.165) is 16.3 Å². The zero-order valence-corrected chi connectivity index (χ0v) is 19.4. The Morgan fingerprint density at radius 1 is 1.09 bits per heavy atom. The maximum Gasteiger partial charge on any atom is 0.230 e. The van der Waals surface area contributed by atoms with Gasteiger partial charge in [-0.3, -0.25) is 4.79 Å². The van der Waals surface area contributed by atoms with Gasteiger partial charge in [0.1, 0.15) is 11.5 Å². The third-order valence-corrected chi connectivity index (χ3v) is 6.26. The van der Waals surface area contributed by atoms with Crippen LogP contribution >= 0.6 is 11.8 Å². The fourth-order valence-electron chi connectivity index (χ4n) is 3.66. The van der Waals surface area contributed by atoms with Gasteiger partial charge in [-0.25, -0.2) is 4.68 Å². The number of ether oxygens (including phenoxy) is 2. The van der Waals surface area contributed by atoms with Crippen molar-refractivity contribution in [3.05, 3.63) is 66.2 Å². The van der Waals surface area contributed by atoms with Crippen molar-refractivity contribution in [1.82, 2.24) is 20.2 Å². The van der Waals surface area contributed by atoms with Gasteiger partial charge in [-0.15, -0.1) is 10.2 Å². The van der Waals surface area contributed by atoms with Crippen molar-refractivity contribution in [2.45, 2.75) is 18.1 Å². The summed E-state index contributed by atoms with van der Waals surface area (Å²) in [5.41, 5.74) is 1.75. The molecule has 3 aromatic carbocycles. The molecule has 0 bridgehead atoms. The maximum absolute atomic E-state index is 12.6. The highest BCUT2D eigenvalue weighted by Gasteiger charge is 2.18. The molecular weight excluding hydrogens is 438 g/mol. The first-order valence-electron chi connectivity index (χ1n) is 10.3. The molecule has 1 amide bonds. The Balaban J connectivity index is 1.44. The molecule has 8 nitrogen and oxygen atoms in total. The Morgan fingerprint density at radius 2 is 1.88 bits per heavy atom. The van der Waals surface area contributed by atoms with Crippen molar-refractivity contribution in [3.63, 3.8) is 0 Å². The standard InChI is InChI=1S/C24H25N5O3S/c1-15(18-10-6-8-16-7-4-5-9-19(16)18)26-22(30)14-33-24-28-27-23(29(24)25)20-12-11-17(31-2)13-21(20)32-3/h4-13,15H,14,25H2,1-3H3,(H,26,30). The number of carbonyl (C=O) groups excluding carboxylic acids is 1. The predicted octanol–water partition coefficient (Wildman–Crippen LogP) is 3.80. The maximum atomic E-state index is 12.6. The molecular formula is C24H25N5O3S. The van der Waals surface area contributed by atoms with Crippen molar-refractivity contribution >= 4 is 28.4 Å². The number of benzene rings is 3. The minimum absolute atomic E-state index is 0.119. The van der Waals surface area contributed by atoms with E-state index in [2.05, 4.69) is 33.7 Å². The topological polar surface area (TPSA) is 104 Å². The normalized spacial score (nSPS) is 11.8. The van der Waals surface area contributed by atoms with Crippen LogP contribution in [0.2, 0.25) is 0 Å². The largest absolute Gasteiger partial charge is 0.497 e. The average Bonchev–Trinajstić information content (AvgIpc) is 3.21. The number of aromatic nitrogens is 3. The predicted molar refractivity (Wildman–Crippen MR) is 130 cm³/mol. The monoisotopic (exact) mass is 463 g/mol. The summed E-state index contributed by atoms with van der Waals surface area (Å²) in [6, 6.07) is 19.4. The highest BCUT2D eigenvalue weighted by molar-refractivity contribution is 7.99. The van der Waals surface area contributed by atoms with Gasteiger partial charge in [0.25, 0.3) is 0 Å². The number of rotatable bonds is 8. The molecule has 4 aromatic rings. The van der Waals surface area contributed by atoms with E-state index in [1.807, 2.05) is 31.2 Å². The molecule has 0 spiro atoms. The van der Waals surface area contributed by atoms with Crippen LogP contribution in [-0.2, 0) is 4.79 Å². The summed E-state index contributed by atoms with van der Waals surface area (Å²) >= 11 is 1.22. The van der Waals surface area contributed by atoms with E-state index in [1.54, 1.807) is 32.4 Å². The molecule has 1 heterocycles. The zero-order chi connectivity index (χ0) is 23.4. The lowest BCUT2D eigenvalue weighted by Crippen LogP contribution is -2.28. The minimum Gasteiger partial charge on any atom is -0.497 e. The molecule has 170 valence electrons. The van der Waals surface area contributed by atoms with Gasteiger partial charge < -0.3 is 20.6 Å². The number of methoxy groups -OCH3 is 2. The van der Waals surface area contributed by atoms with Crippen LogP contribution < -0.4 is 20.6 Å². The second-order valence-electron chi connectivity index (χ2n) is 7.39. The lowest BCUT2D eigenvalue weighted by Gasteiger charge is -2.16. The molecule has 33 heavy (non-hydrogen) atoms. The van der Waals surface area contributed by atoms with Crippen LogP contribution in [0.4, 0.5) is 0 Å². The van der Waals surface area contributed by atoms with Crippen molar-refractivity contribution < 1.29 is 14.3 Å². The molecule has 0 aliphatic rings. The quantitative estimate of drug-likeness (QED) is 0.303. The van der Waals surface area contributed by atoms with Gasteiger partial charge in [-0.2, -0.15) is 0 Å². The summed E-state index contributed by atoms with van der Waals surface area (Å²) in [7, 11) is 3.15. The van der Waals surface area contributed by atoms with Crippen molar-refractivity contribution in [3.8, 4) is 22.9 Å². The first-order chi connectivity index (χ1) is 16.0. The lowest BCUT2D eigenvalue weighted by molar-refractivity contribution is -0.119. The Bertz CT molecular complexity index is 1290. The molecule has 3 N–H and O–H groups in total. The molecule has 0 saturated carbocycles. The Hall–Kier alpha value is -3.72. The van der Waals surface area contributed by atoms with Crippen LogP contribution in [0.5, 0.6) is 11.5 Å². The smallest absolute Gasteiger partial charge is 0.230 e. The fraction of sp³-hybridized carbons (Fsp3) is 0.208. The molecule has 1 unspecified atom stereocenters. The van der Waals surface area contributed by atoms with Gasteiger partial charge >= 0.3 is 0 Å². The highest BCUT2D eigenvalue weighted by atomic mass is 32.2. The van der Waals surface area contributed by atoms with Crippen LogP contribution in [0.3, 0.4) is 0 Å². The number of nitrogens with two attached hydrogens (primary N) is 1. The van der Waals surface area contributed by atoms with E-state index in [9.17, 15) is 4.79 Å². The second kappa shape index (κ2) is 9.83. The number of thioether (sulfide) groups is 1. The average molecular weight is 464 g/mol. The highest BCUT2D eigenvalue weighted by Crippen LogP contribution is 2.33. The van der Waals surface area contributed by atoms with Gasteiger partial charge in [-0.05, 0) is 35.4 Å². The molecule has 4 rings (SSSR count). The van der Waals surface area contributed by atoms with Crippen LogP contribution in [0.25, 0.3) is 22.2 Å². The summed E-state index contributed by atoms with van der Waals surface area (Å²) in [6.07, 6.45) is 0. The molecule has 1 atom stereocenters. The second-order valence-corrected chi connectivity index (χ2v) is 8.33. The Kier molecular flexibility index (Phi) is 6.69. The number of amides is 1. The number of hydrogen-bond donors (Lipinski definition) is 2. The minimum atomic E-state index is -0.140. The summed E-state index contributed by atoms with van der Waals surface area (Å²) in [4.78, 5) is 12.6. The summed E-state index contributed by atoms with van der Waals surface area (Å²) < 4.78 is 12.0. The van der Waals surface area contributed by atoms with Gasteiger partial charge in [0, 0.05) is 6.07 Å². The van der Waals surface area contributed by atoms with Crippen molar-refractivity contribution in [2.24, 2.45) is 0 Å². The van der Waals surface area contributed by atoms with Crippen LogP contribution in [0, 0.1) is 0 Å². The molecule has 0 saturated heterocycles. The van der Waals surface area contributed by atoms with E-state index in [4.69, 9.17) is 15.3 Å². The summed E-state index contributed by atoms with van der Waals surface area (Å²) in [5.74, 6) is 7.91. The van der Waals surface area contributed by atoms with Crippen molar-refractivity contribution in [2.75, 3.05) is 25.8 Å². The number of hydrogen-bond acceptors (Lipinski definition) is 7. The van der Waals surface area contributed by atoms with Gasteiger partial charge in [0.15, 0.2) is 5.82 Å². The first-order valence-corrected chi connectivity index (χ1v) is 11.3. The van der Waals surface area contributed by atoms with Crippen LogP contribution in [-0.4, -0.2) is 40.8 Å². The van der Waals surface area contributed by atoms with Crippen LogP contribution in [0.1, 0.15) is 18.5 Å². The first kappa shape index (κ1) is 22.5. The molecule has 0 aliphatic heterocycles.